The Morgan fingerprint density at radius 2 is 2.11 bits per heavy atom. The topological polar surface area (TPSA) is 72.2 Å². The monoisotopic (exact) mass is 308 g/mol. The smallest absolute Gasteiger partial charge is 0.251 e. The van der Waals surface area contributed by atoms with Gasteiger partial charge in [0.1, 0.15) is 0 Å². The van der Waals surface area contributed by atoms with Crippen molar-refractivity contribution in [3.8, 4) is 0 Å². The van der Waals surface area contributed by atoms with E-state index in [1.807, 2.05) is 0 Å². The first-order valence-electron chi connectivity index (χ1n) is 5.18. The van der Waals surface area contributed by atoms with Crippen LogP contribution >= 0.6 is 23.2 Å². The fourth-order valence-electron chi connectivity index (χ4n) is 1.20. The van der Waals surface area contributed by atoms with Crippen LogP contribution in [0.4, 0.5) is 5.69 Å². The fraction of sp³-hybridized carbons (Fsp3) is 0.364. The van der Waals surface area contributed by atoms with Gasteiger partial charge in [-0.2, -0.15) is 0 Å². The summed E-state index contributed by atoms with van der Waals surface area (Å²) in [4.78, 5) is 11.8. The number of hydrogen-bond acceptors (Lipinski definition) is 3. The summed E-state index contributed by atoms with van der Waals surface area (Å²) < 4.78 is 11.1. The Hall–Kier alpha value is -0.780. The molecule has 1 aromatic carbocycles. The molecule has 0 aliphatic carbocycles. The Labute approximate surface area is 118 Å². The molecule has 18 heavy (non-hydrogen) atoms. The maximum Gasteiger partial charge on any atom is 0.251 e. The van der Waals surface area contributed by atoms with Crippen molar-refractivity contribution in [2.75, 3.05) is 18.5 Å². The average molecular weight is 309 g/mol. The zero-order valence-electron chi connectivity index (χ0n) is 10.00. The molecule has 0 bridgehead atoms. The largest absolute Gasteiger partial charge is 0.397 e. The normalized spacial score (nSPS) is 14.0. The van der Waals surface area contributed by atoms with Crippen LogP contribution < -0.4 is 11.1 Å². The highest BCUT2D eigenvalue weighted by molar-refractivity contribution is 7.84. The van der Waals surface area contributed by atoms with Crippen molar-refractivity contribution in [3.05, 3.63) is 27.7 Å². The molecule has 3 N–H and O–H groups in total. The minimum absolute atomic E-state index is 0.117. The van der Waals surface area contributed by atoms with Gasteiger partial charge in [0, 0.05) is 34.4 Å². The van der Waals surface area contributed by atoms with Gasteiger partial charge in [-0.25, -0.2) is 0 Å². The molecule has 7 heteroatoms. The Bertz CT molecular complexity index is 471. The van der Waals surface area contributed by atoms with Crippen LogP contribution in [-0.2, 0) is 10.8 Å². The first kappa shape index (κ1) is 15.3. The Kier molecular flexibility index (Phi) is 5.44. The molecule has 0 saturated carbocycles. The highest BCUT2D eigenvalue weighted by Gasteiger charge is 2.13. The number of nitrogens with one attached hydrogen (secondary N) is 1. The van der Waals surface area contributed by atoms with Crippen molar-refractivity contribution in [2.24, 2.45) is 0 Å². The van der Waals surface area contributed by atoms with E-state index < -0.39 is 10.8 Å². The lowest BCUT2D eigenvalue weighted by Crippen LogP contribution is -2.32. The number of carbonyl (C=O) groups is 1. The van der Waals surface area contributed by atoms with Gasteiger partial charge in [0.25, 0.3) is 5.91 Å². The number of halogens is 2. The number of nitrogen functional groups attached to an aromatic ring is 1. The van der Waals surface area contributed by atoms with Crippen LogP contribution in [0.2, 0.25) is 10.0 Å². The summed E-state index contributed by atoms with van der Waals surface area (Å²) in [6.45, 7) is 2.11. The maximum absolute atomic E-state index is 11.8. The molecular weight excluding hydrogens is 295 g/mol. The van der Waals surface area contributed by atoms with Crippen LogP contribution in [0.15, 0.2) is 12.1 Å². The number of rotatable bonds is 4. The quantitative estimate of drug-likeness (QED) is 0.836. The highest BCUT2D eigenvalue weighted by Crippen LogP contribution is 2.29. The lowest BCUT2D eigenvalue weighted by Gasteiger charge is -2.11. The van der Waals surface area contributed by atoms with Crippen molar-refractivity contribution in [3.63, 3.8) is 0 Å². The van der Waals surface area contributed by atoms with Crippen LogP contribution in [0.3, 0.4) is 0 Å². The average Bonchev–Trinajstić information content (AvgIpc) is 2.31. The third kappa shape index (κ3) is 3.86. The van der Waals surface area contributed by atoms with Gasteiger partial charge in [0.2, 0.25) is 0 Å². The molecule has 0 aromatic heterocycles. The minimum Gasteiger partial charge on any atom is -0.397 e. The van der Waals surface area contributed by atoms with E-state index in [1.165, 1.54) is 12.1 Å². The number of nitrogens with two attached hydrogens (primary N) is 1. The van der Waals surface area contributed by atoms with Crippen molar-refractivity contribution in [1.82, 2.24) is 5.32 Å². The van der Waals surface area contributed by atoms with Gasteiger partial charge in [-0.1, -0.05) is 23.2 Å². The number of benzene rings is 1. The van der Waals surface area contributed by atoms with E-state index in [0.717, 1.165) is 0 Å². The molecule has 1 rings (SSSR count). The Morgan fingerprint density at radius 3 is 2.61 bits per heavy atom. The number of carbonyl (C=O) groups excluding carboxylic acids is 1. The molecule has 4 nitrogen and oxygen atoms in total. The molecule has 100 valence electrons. The maximum atomic E-state index is 11.8. The first-order valence-corrected chi connectivity index (χ1v) is 7.55. The van der Waals surface area contributed by atoms with E-state index in [4.69, 9.17) is 28.9 Å². The molecule has 1 aromatic rings. The standard InChI is InChI=1S/C11H14Cl2N2O2S/c1-6(18(2)17)5-15-11(16)7-3-8(12)10(13)9(14)4-7/h3-4,6H,5,14H2,1-2H3,(H,15,16). The van der Waals surface area contributed by atoms with Crippen LogP contribution in [0.1, 0.15) is 17.3 Å². The van der Waals surface area contributed by atoms with Crippen LogP contribution in [0, 0.1) is 0 Å². The first-order chi connectivity index (χ1) is 8.32. The SMILES string of the molecule is CC(CNC(=O)c1cc(N)c(Cl)c(Cl)c1)S(C)=O. The van der Waals surface area contributed by atoms with Gasteiger partial charge >= 0.3 is 0 Å². The fourth-order valence-corrected chi connectivity index (χ4v) is 1.85. The molecule has 0 radical (unpaired) electrons. The number of amides is 1. The van der Waals surface area contributed by atoms with Crippen molar-refractivity contribution in [2.45, 2.75) is 12.2 Å². The van der Waals surface area contributed by atoms with Crippen LogP contribution in [0.5, 0.6) is 0 Å². The molecule has 0 heterocycles. The summed E-state index contributed by atoms with van der Waals surface area (Å²) in [6.07, 6.45) is 1.59. The van der Waals surface area contributed by atoms with Crippen LogP contribution in [0.25, 0.3) is 0 Å². The minimum atomic E-state index is -0.982. The molecule has 0 fully saturated rings. The lowest BCUT2D eigenvalue weighted by molar-refractivity contribution is 0.0954. The molecule has 0 aliphatic heterocycles. The third-order valence-electron chi connectivity index (χ3n) is 2.44. The molecule has 0 aliphatic rings. The van der Waals surface area contributed by atoms with Gasteiger partial charge in [0.15, 0.2) is 0 Å². The molecule has 0 saturated heterocycles. The van der Waals surface area contributed by atoms with E-state index in [1.54, 1.807) is 13.2 Å². The predicted molar refractivity (Wildman–Crippen MR) is 76.7 cm³/mol. The van der Waals surface area contributed by atoms with E-state index >= 15 is 0 Å². The summed E-state index contributed by atoms with van der Waals surface area (Å²) in [5.74, 6) is -0.322. The molecule has 1 amide bonds. The predicted octanol–water partition coefficient (Wildman–Crippen LogP) is 2.07. The van der Waals surface area contributed by atoms with Crippen LogP contribution in [-0.4, -0.2) is 28.2 Å². The third-order valence-corrected chi connectivity index (χ3v) is 4.55. The second kappa shape index (κ2) is 6.41. The van der Waals surface area contributed by atoms with Gasteiger partial charge in [0.05, 0.1) is 15.7 Å². The summed E-state index contributed by atoms with van der Waals surface area (Å²) in [5, 5.41) is 3.01. The summed E-state index contributed by atoms with van der Waals surface area (Å²) >= 11 is 11.6. The molecule has 2 atom stereocenters. The summed E-state index contributed by atoms with van der Waals surface area (Å²) in [5.41, 5.74) is 6.20. The van der Waals surface area contributed by atoms with Gasteiger partial charge in [-0.05, 0) is 19.1 Å². The van der Waals surface area contributed by atoms with E-state index in [-0.39, 0.29) is 26.9 Å². The summed E-state index contributed by atoms with van der Waals surface area (Å²) in [6, 6.07) is 2.90. The Morgan fingerprint density at radius 1 is 1.50 bits per heavy atom. The molecule has 2 unspecified atom stereocenters. The van der Waals surface area contributed by atoms with Gasteiger partial charge in [-0.3, -0.25) is 9.00 Å². The van der Waals surface area contributed by atoms with E-state index in [9.17, 15) is 9.00 Å². The number of hydrogen-bond donors (Lipinski definition) is 2. The Balaban J connectivity index is 2.76. The van der Waals surface area contributed by atoms with Crippen molar-refractivity contribution in [1.29, 1.82) is 0 Å². The summed E-state index contributed by atoms with van der Waals surface area (Å²) in [7, 11) is -0.982. The molecular formula is C11H14Cl2N2O2S. The highest BCUT2D eigenvalue weighted by atomic mass is 35.5. The zero-order chi connectivity index (χ0) is 13.9. The van der Waals surface area contributed by atoms with E-state index in [0.29, 0.717) is 12.1 Å². The lowest BCUT2D eigenvalue weighted by atomic mass is 10.2. The van der Waals surface area contributed by atoms with Crippen molar-refractivity contribution < 1.29 is 9.00 Å². The molecule has 0 spiro atoms. The second-order valence-corrected chi connectivity index (χ2v) is 6.47. The van der Waals surface area contributed by atoms with Gasteiger partial charge in [-0.15, -0.1) is 0 Å². The number of anilines is 1. The zero-order valence-corrected chi connectivity index (χ0v) is 12.3. The van der Waals surface area contributed by atoms with Gasteiger partial charge < -0.3 is 11.1 Å². The van der Waals surface area contributed by atoms with Crippen molar-refractivity contribution >= 4 is 45.6 Å². The second-order valence-electron chi connectivity index (χ2n) is 3.88. The van der Waals surface area contributed by atoms with E-state index in [2.05, 4.69) is 5.32 Å².